The molecule has 2 aromatic heterocycles. The first-order chi connectivity index (χ1) is 11.2. The summed E-state index contributed by atoms with van der Waals surface area (Å²) >= 11 is 3.25. The van der Waals surface area contributed by atoms with Crippen molar-refractivity contribution in [1.29, 1.82) is 0 Å². The van der Waals surface area contributed by atoms with Crippen LogP contribution < -0.4 is 0 Å². The van der Waals surface area contributed by atoms with Crippen molar-refractivity contribution in [2.75, 3.05) is 0 Å². The molecule has 2 aliphatic rings. The molecule has 23 heavy (non-hydrogen) atoms. The summed E-state index contributed by atoms with van der Waals surface area (Å²) in [6, 6.07) is 8.00. The molecule has 0 amide bonds. The Bertz CT molecular complexity index is 726. The summed E-state index contributed by atoms with van der Waals surface area (Å²) in [6.45, 7) is 0. The van der Waals surface area contributed by atoms with Crippen molar-refractivity contribution in [3.05, 3.63) is 55.9 Å². The van der Waals surface area contributed by atoms with E-state index in [4.69, 9.17) is 0 Å². The summed E-state index contributed by atoms with van der Waals surface area (Å²) < 4.78 is 0. The maximum Gasteiger partial charge on any atom is 0.162 e. The first kappa shape index (κ1) is 14.8. The summed E-state index contributed by atoms with van der Waals surface area (Å²) in [4.78, 5) is 27.6. The second kappa shape index (κ2) is 6.02. The minimum Gasteiger partial charge on any atom is -0.294 e. The van der Waals surface area contributed by atoms with Gasteiger partial charge in [0.1, 0.15) is 0 Å². The molecule has 4 rings (SSSR count). The molecule has 2 atom stereocenters. The fraction of sp³-hybridized carbons (Fsp3) is 0.263. The van der Waals surface area contributed by atoms with Gasteiger partial charge in [0.25, 0.3) is 0 Å². The minimum absolute atomic E-state index is 0.0242. The van der Waals surface area contributed by atoms with Crippen molar-refractivity contribution >= 4 is 46.4 Å². The Morgan fingerprint density at radius 1 is 0.826 bits per heavy atom. The first-order valence-electron chi connectivity index (χ1n) is 7.77. The molecule has 0 unspecified atom stereocenters. The molecule has 2 bridgehead atoms. The summed E-state index contributed by atoms with van der Waals surface area (Å²) in [6.07, 6.45) is 5.86. The van der Waals surface area contributed by atoms with Gasteiger partial charge in [0.15, 0.2) is 11.6 Å². The lowest BCUT2D eigenvalue weighted by Gasteiger charge is -2.35. The van der Waals surface area contributed by atoms with Crippen molar-refractivity contribution in [2.45, 2.75) is 19.3 Å². The van der Waals surface area contributed by atoms with Crippen LogP contribution in [0.25, 0.3) is 12.2 Å². The molecular formula is C19H16O2S2. The van der Waals surface area contributed by atoms with Crippen molar-refractivity contribution < 1.29 is 9.59 Å². The molecule has 0 aliphatic heterocycles. The molecule has 0 aromatic carbocycles. The number of carbonyl (C=O) groups is 2. The molecule has 2 nitrogen and oxygen atoms in total. The van der Waals surface area contributed by atoms with E-state index in [-0.39, 0.29) is 23.4 Å². The third-order valence-electron chi connectivity index (χ3n) is 4.60. The van der Waals surface area contributed by atoms with Crippen LogP contribution in [0.2, 0.25) is 0 Å². The van der Waals surface area contributed by atoms with E-state index in [0.717, 1.165) is 27.3 Å². The lowest BCUT2D eigenvalue weighted by Crippen LogP contribution is -2.37. The number of fused-ring (bicyclic) bond motifs is 2. The normalized spacial score (nSPS) is 27.8. The van der Waals surface area contributed by atoms with Gasteiger partial charge >= 0.3 is 0 Å². The van der Waals surface area contributed by atoms with Gasteiger partial charge in [0.2, 0.25) is 0 Å². The molecule has 0 N–H and O–H groups in total. The van der Waals surface area contributed by atoms with Gasteiger partial charge in [-0.25, -0.2) is 0 Å². The molecule has 2 heterocycles. The van der Waals surface area contributed by atoms with Gasteiger partial charge in [-0.05, 0) is 65.5 Å². The van der Waals surface area contributed by atoms with E-state index in [1.807, 2.05) is 47.2 Å². The second-order valence-corrected chi connectivity index (χ2v) is 8.09. The van der Waals surface area contributed by atoms with E-state index in [1.54, 1.807) is 22.7 Å². The SMILES string of the molecule is O=C1C(=Cc2cccs2)C[C@@H]2C[C@H]1C/C(=C/c1cccs1)C2=O. The zero-order valence-corrected chi connectivity index (χ0v) is 14.2. The Balaban J connectivity index is 1.63. The summed E-state index contributed by atoms with van der Waals surface area (Å²) in [7, 11) is 0. The summed E-state index contributed by atoms with van der Waals surface area (Å²) in [5, 5.41) is 4.01. The van der Waals surface area contributed by atoms with Gasteiger partial charge in [0, 0.05) is 21.6 Å². The van der Waals surface area contributed by atoms with Gasteiger partial charge in [0.05, 0.1) is 0 Å². The molecule has 2 saturated carbocycles. The predicted molar refractivity (Wildman–Crippen MR) is 95.4 cm³/mol. The molecule has 4 heteroatoms. The van der Waals surface area contributed by atoms with Crippen molar-refractivity contribution in [2.24, 2.45) is 11.8 Å². The van der Waals surface area contributed by atoms with E-state index in [1.165, 1.54) is 0 Å². The number of rotatable bonds is 2. The lowest BCUT2D eigenvalue weighted by atomic mass is 9.67. The Morgan fingerprint density at radius 2 is 1.30 bits per heavy atom. The monoisotopic (exact) mass is 340 g/mol. The van der Waals surface area contributed by atoms with Crippen LogP contribution in [0.15, 0.2) is 46.2 Å². The Hall–Kier alpha value is -1.78. The number of thiophene rings is 2. The van der Waals surface area contributed by atoms with Gasteiger partial charge in [-0.15, -0.1) is 22.7 Å². The standard InChI is InChI=1S/C19H16O2S2/c20-18-13-7-12(8-14(18)10-16-3-1-5-22-16)19(21)15(9-13)11-17-4-2-6-23-17/h1-6,10-13H,7-9H2/b14-10-,15-11?/t12-,13-/m0/s1. The zero-order valence-electron chi connectivity index (χ0n) is 12.5. The highest BCUT2D eigenvalue weighted by molar-refractivity contribution is 7.11. The van der Waals surface area contributed by atoms with Gasteiger partial charge in [-0.1, -0.05) is 12.1 Å². The number of allylic oxidation sites excluding steroid dienone is 2. The molecular weight excluding hydrogens is 324 g/mol. The smallest absolute Gasteiger partial charge is 0.162 e. The molecule has 2 aromatic rings. The molecule has 0 spiro atoms. The second-order valence-electron chi connectivity index (χ2n) is 6.14. The van der Waals surface area contributed by atoms with E-state index in [9.17, 15) is 9.59 Å². The van der Waals surface area contributed by atoms with E-state index in [2.05, 4.69) is 0 Å². The third-order valence-corrected chi connectivity index (χ3v) is 6.23. The zero-order chi connectivity index (χ0) is 15.8. The molecule has 2 aliphatic carbocycles. The van der Waals surface area contributed by atoms with Crippen molar-refractivity contribution in [1.82, 2.24) is 0 Å². The van der Waals surface area contributed by atoms with Gasteiger partial charge in [-0.3, -0.25) is 9.59 Å². The van der Waals surface area contributed by atoms with E-state index < -0.39 is 0 Å². The largest absolute Gasteiger partial charge is 0.294 e. The Morgan fingerprint density at radius 3 is 1.70 bits per heavy atom. The topological polar surface area (TPSA) is 34.1 Å². The predicted octanol–water partition coefficient (Wildman–Crippen LogP) is 4.84. The van der Waals surface area contributed by atoms with Crippen LogP contribution in [0.5, 0.6) is 0 Å². The highest BCUT2D eigenvalue weighted by atomic mass is 32.1. The van der Waals surface area contributed by atoms with Crippen LogP contribution in [0, 0.1) is 11.8 Å². The Labute approximate surface area is 143 Å². The minimum atomic E-state index is -0.0242. The van der Waals surface area contributed by atoms with Crippen LogP contribution in [-0.2, 0) is 9.59 Å². The lowest BCUT2D eigenvalue weighted by molar-refractivity contribution is -0.127. The van der Waals surface area contributed by atoms with Crippen LogP contribution >= 0.6 is 22.7 Å². The van der Waals surface area contributed by atoms with Crippen molar-refractivity contribution in [3.63, 3.8) is 0 Å². The van der Waals surface area contributed by atoms with Gasteiger partial charge in [-0.2, -0.15) is 0 Å². The fourth-order valence-corrected chi connectivity index (χ4v) is 4.88. The number of carbonyl (C=O) groups excluding carboxylic acids is 2. The maximum absolute atomic E-state index is 12.7. The highest BCUT2D eigenvalue weighted by Gasteiger charge is 2.41. The van der Waals surface area contributed by atoms with Crippen LogP contribution in [0.1, 0.15) is 29.0 Å². The first-order valence-corrected chi connectivity index (χ1v) is 9.53. The van der Waals surface area contributed by atoms with E-state index in [0.29, 0.717) is 12.8 Å². The molecule has 0 radical (unpaired) electrons. The number of hydrogen-bond donors (Lipinski definition) is 0. The fourth-order valence-electron chi connectivity index (χ4n) is 3.52. The maximum atomic E-state index is 12.7. The molecule has 116 valence electrons. The van der Waals surface area contributed by atoms with Crippen LogP contribution in [-0.4, -0.2) is 11.6 Å². The van der Waals surface area contributed by atoms with E-state index >= 15 is 0 Å². The number of ketones is 2. The van der Waals surface area contributed by atoms with Crippen LogP contribution in [0.4, 0.5) is 0 Å². The quantitative estimate of drug-likeness (QED) is 0.733. The average Bonchev–Trinajstić information content (AvgIpc) is 3.22. The summed E-state index contributed by atoms with van der Waals surface area (Å²) in [5.74, 6) is 0.422. The van der Waals surface area contributed by atoms with Crippen LogP contribution in [0.3, 0.4) is 0 Å². The Kier molecular flexibility index (Phi) is 3.87. The third kappa shape index (κ3) is 2.89. The average molecular weight is 340 g/mol. The number of Topliss-reactive ketones (excluding diaryl/α,β-unsaturated/α-hetero) is 2. The number of hydrogen-bond acceptors (Lipinski definition) is 4. The van der Waals surface area contributed by atoms with Crippen molar-refractivity contribution in [3.8, 4) is 0 Å². The summed E-state index contributed by atoms with van der Waals surface area (Å²) in [5.41, 5.74) is 1.66. The highest BCUT2D eigenvalue weighted by Crippen LogP contribution is 2.42. The molecule has 0 saturated heterocycles. The van der Waals surface area contributed by atoms with Gasteiger partial charge < -0.3 is 0 Å². The molecule has 2 fully saturated rings.